The summed E-state index contributed by atoms with van der Waals surface area (Å²) in [5.41, 5.74) is 4.82. The van der Waals surface area contributed by atoms with Gasteiger partial charge in [-0.05, 0) is 55.0 Å². The zero-order valence-electron chi connectivity index (χ0n) is 14.6. The number of aryl methyl sites for hydroxylation is 3. The van der Waals surface area contributed by atoms with Crippen LogP contribution in [0.25, 0.3) is 16.8 Å². The van der Waals surface area contributed by atoms with Crippen LogP contribution in [0.2, 0.25) is 0 Å². The third-order valence-corrected chi connectivity index (χ3v) is 5.19. The van der Waals surface area contributed by atoms with Gasteiger partial charge in [-0.2, -0.15) is 0 Å². The molecule has 0 unspecified atom stereocenters. The maximum Gasteiger partial charge on any atom is 0.255 e. The van der Waals surface area contributed by atoms with Crippen LogP contribution in [0.5, 0.6) is 0 Å². The van der Waals surface area contributed by atoms with Crippen molar-refractivity contribution in [3.8, 4) is 0 Å². The highest BCUT2D eigenvalue weighted by molar-refractivity contribution is 7.95. The molecule has 3 nitrogen and oxygen atoms in total. The zero-order valence-corrected chi connectivity index (χ0v) is 15.4. The van der Waals surface area contributed by atoms with Gasteiger partial charge in [0.1, 0.15) is 0 Å². The summed E-state index contributed by atoms with van der Waals surface area (Å²) in [5, 5.41) is 3.11. The lowest BCUT2D eigenvalue weighted by molar-refractivity contribution is 0.609. The lowest BCUT2D eigenvalue weighted by Crippen LogP contribution is -2.09. The molecule has 0 spiro atoms. The molecule has 3 rings (SSSR count). The molecule has 0 aliphatic carbocycles. The Morgan fingerprint density at radius 3 is 2.24 bits per heavy atom. The van der Waals surface area contributed by atoms with Crippen LogP contribution in [0.15, 0.2) is 60.0 Å². The fourth-order valence-corrected chi connectivity index (χ4v) is 3.98. The molecule has 0 amide bonds. The molecule has 0 saturated carbocycles. The molecule has 25 heavy (non-hydrogen) atoms. The van der Waals surface area contributed by atoms with Gasteiger partial charge in [0, 0.05) is 5.39 Å². The molecular formula is C21H21NO2S. The number of hydrogen-bond donors (Lipinski definition) is 1. The summed E-state index contributed by atoms with van der Waals surface area (Å²) in [4.78, 5) is 0. The minimum Gasteiger partial charge on any atom is -0.279 e. The van der Waals surface area contributed by atoms with E-state index in [0.717, 1.165) is 27.5 Å². The minimum absolute atomic E-state index is 0.583. The van der Waals surface area contributed by atoms with Crippen LogP contribution in [-0.4, -0.2) is 8.42 Å². The van der Waals surface area contributed by atoms with E-state index in [4.69, 9.17) is 0 Å². The first-order valence-corrected chi connectivity index (χ1v) is 9.67. The molecule has 0 heterocycles. The molecule has 0 bridgehead atoms. The van der Waals surface area contributed by atoms with Gasteiger partial charge in [-0.3, -0.25) is 4.72 Å². The van der Waals surface area contributed by atoms with Gasteiger partial charge in [0.2, 0.25) is 0 Å². The fourth-order valence-electron chi connectivity index (χ4n) is 3.11. The third kappa shape index (κ3) is 3.91. The highest BCUT2D eigenvalue weighted by atomic mass is 32.2. The van der Waals surface area contributed by atoms with E-state index in [2.05, 4.69) is 16.9 Å². The zero-order chi connectivity index (χ0) is 18.0. The Labute approximate surface area is 149 Å². The fraction of sp³-hybridized carbons (Fsp3) is 0.143. The van der Waals surface area contributed by atoms with Crippen molar-refractivity contribution in [2.45, 2.75) is 20.8 Å². The van der Waals surface area contributed by atoms with Crippen molar-refractivity contribution in [3.05, 3.63) is 82.3 Å². The molecule has 1 N–H and O–H groups in total. The van der Waals surface area contributed by atoms with Gasteiger partial charge in [0.25, 0.3) is 10.0 Å². The van der Waals surface area contributed by atoms with E-state index in [0.29, 0.717) is 5.69 Å². The van der Waals surface area contributed by atoms with E-state index in [9.17, 15) is 8.42 Å². The summed E-state index contributed by atoms with van der Waals surface area (Å²) in [7, 11) is -3.60. The quantitative estimate of drug-likeness (QED) is 0.704. The summed E-state index contributed by atoms with van der Waals surface area (Å²) in [5.74, 6) is 0. The van der Waals surface area contributed by atoms with Gasteiger partial charge < -0.3 is 0 Å². The number of anilines is 1. The predicted molar refractivity (Wildman–Crippen MR) is 106 cm³/mol. The molecule has 0 atom stereocenters. The van der Waals surface area contributed by atoms with E-state index < -0.39 is 10.0 Å². The Morgan fingerprint density at radius 2 is 1.52 bits per heavy atom. The van der Waals surface area contributed by atoms with Gasteiger partial charge in [-0.25, -0.2) is 8.42 Å². The highest BCUT2D eigenvalue weighted by Gasteiger charge is 2.09. The van der Waals surface area contributed by atoms with Crippen molar-refractivity contribution < 1.29 is 8.42 Å². The summed E-state index contributed by atoms with van der Waals surface area (Å²) < 4.78 is 27.7. The molecule has 0 saturated heterocycles. The lowest BCUT2D eigenvalue weighted by Gasteiger charge is -2.09. The van der Waals surface area contributed by atoms with Crippen LogP contribution < -0.4 is 4.72 Å². The Bertz CT molecular complexity index is 1040. The SMILES string of the molecule is Cc1cc(C)c(C=CS(=O)(=O)Nc2cccc3ccccc23)c(C)c1. The van der Waals surface area contributed by atoms with E-state index in [1.807, 2.05) is 57.2 Å². The van der Waals surface area contributed by atoms with Gasteiger partial charge in [0.05, 0.1) is 11.1 Å². The van der Waals surface area contributed by atoms with Crippen LogP contribution in [0, 0.1) is 20.8 Å². The maximum absolute atomic E-state index is 12.5. The second-order valence-electron chi connectivity index (χ2n) is 6.29. The smallest absolute Gasteiger partial charge is 0.255 e. The van der Waals surface area contributed by atoms with Crippen molar-refractivity contribution >= 4 is 32.6 Å². The number of fused-ring (bicyclic) bond motifs is 1. The van der Waals surface area contributed by atoms with Gasteiger partial charge in [0.15, 0.2) is 0 Å². The van der Waals surface area contributed by atoms with Crippen LogP contribution >= 0.6 is 0 Å². The van der Waals surface area contributed by atoms with Crippen LogP contribution in [0.1, 0.15) is 22.3 Å². The van der Waals surface area contributed by atoms with E-state index in [1.54, 1.807) is 12.1 Å². The number of rotatable bonds is 4. The topological polar surface area (TPSA) is 46.2 Å². The molecule has 128 valence electrons. The van der Waals surface area contributed by atoms with Crippen molar-refractivity contribution in [3.63, 3.8) is 0 Å². The average Bonchev–Trinajstić information content (AvgIpc) is 2.54. The molecule has 0 aliphatic heterocycles. The monoisotopic (exact) mass is 351 g/mol. The predicted octanol–water partition coefficient (Wildman–Crippen LogP) is 5.18. The number of nitrogens with one attached hydrogen (secondary N) is 1. The maximum atomic E-state index is 12.5. The van der Waals surface area contributed by atoms with Gasteiger partial charge in [-0.15, -0.1) is 0 Å². The summed E-state index contributed by atoms with van der Waals surface area (Å²) in [6.45, 7) is 6.02. The molecule has 3 aromatic carbocycles. The first-order valence-electron chi connectivity index (χ1n) is 8.12. The largest absolute Gasteiger partial charge is 0.279 e. The van der Waals surface area contributed by atoms with Crippen LogP contribution in [0.3, 0.4) is 0 Å². The van der Waals surface area contributed by atoms with E-state index in [-0.39, 0.29) is 0 Å². The molecule has 3 aromatic rings. The normalized spacial score (nSPS) is 12.0. The molecule has 0 aromatic heterocycles. The van der Waals surface area contributed by atoms with Crippen molar-refractivity contribution in [2.75, 3.05) is 4.72 Å². The molecule has 0 fully saturated rings. The lowest BCUT2D eigenvalue weighted by atomic mass is 10.0. The average molecular weight is 351 g/mol. The van der Waals surface area contributed by atoms with E-state index >= 15 is 0 Å². The second-order valence-corrected chi connectivity index (χ2v) is 7.86. The Kier molecular flexibility index (Phi) is 4.64. The van der Waals surface area contributed by atoms with Crippen LogP contribution in [0.4, 0.5) is 5.69 Å². The van der Waals surface area contributed by atoms with Crippen molar-refractivity contribution in [1.82, 2.24) is 0 Å². The number of benzene rings is 3. The standard InChI is InChI=1S/C21H21NO2S/c1-15-13-16(2)19(17(3)14-15)11-12-25(23,24)22-21-10-6-8-18-7-4-5-9-20(18)21/h4-14,22H,1-3H3. The number of sulfonamides is 1. The van der Waals surface area contributed by atoms with Gasteiger partial charge in [-0.1, -0.05) is 54.1 Å². The Hall–Kier alpha value is -2.59. The molecule has 0 aliphatic rings. The summed E-state index contributed by atoms with van der Waals surface area (Å²) in [6, 6.07) is 17.4. The molecule has 0 radical (unpaired) electrons. The second kappa shape index (κ2) is 6.73. The summed E-state index contributed by atoms with van der Waals surface area (Å²) >= 11 is 0. The first kappa shape index (κ1) is 17.2. The third-order valence-electron chi connectivity index (χ3n) is 4.19. The van der Waals surface area contributed by atoms with Crippen molar-refractivity contribution in [2.24, 2.45) is 0 Å². The highest BCUT2D eigenvalue weighted by Crippen LogP contribution is 2.24. The van der Waals surface area contributed by atoms with Crippen LogP contribution in [-0.2, 0) is 10.0 Å². The van der Waals surface area contributed by atoms with E-state index in [1.165, 1.54) is 11.0 Å². The minimum atomic E-state index is -3.60. The summed E-state index contributed by atoms with van der Waals surface area (Å²) in [6.07, 6.45) is 1.66. The molecular weight excluding hydrogens is 330 g/mol. The molecule has 4 heteroatoms. The Morgan fingerprint density at radius 1 is 0.880 bits per heavy atom. The first-order chi connectivity index (χ1) is 11.9. The van der Waals surface area contributed by atoms with Gasteiger partial charge >= 0.3 is 0 Å². The number of hydrogen-bond acceptors (Lipinski definition) is 2. The Balaban J connectivity index is 1.92. The van der Waals surface area contributed by atoms with Crippen molar-refractivity contribution in [1.29, 1.82) is 0 Å².